The molecule has 142 valence electrons. The summed E-state index contributed by atoms with van der Waals surface area (Å²) in [5, 5.41) is 9.14. The summed E-state index contributed by atoms with van der Waals surface area (Å²) in [6, 6.07) is 10.4. The molecule has 0 aliphatic carbocycles. The third-order valence-corrected chi connectivity index (χ3v) is 5.26. The lowest BCUT2D eigenvalue weighted by Gasteiger charge is -2.31. The first kappa shape index (κ1) is 17.6. The highest BCUT2D eigenvalue weighted by Gasteiger charge is 2.33. The minimum absolute atomic E-state index is 0.0251. The van der Waals surface area contributed by atoms with E-state index in [1.54, 1.807) is 0 Å². The molecule has 4 rings (SSSR count). The fourth-order valence-electron chi connectivity index (χ4n) is 3.83. The molecule has 2 aliphatic heterocycles. The van der Waals surface area contributed by atoms with Crippen LogP contribution in [0, 0.1) is 0 Å². The van der Waals surface area contributed by atoms with Crippen LogP contribution >= 0.6 is 0 Å². The maximum absolute atomic E-state index is 12.9. The summed E-state index contributed by atoms with van der Waals surface area (Å²) in [5.41, 5.74) is 3.29. The van der Waals surface area contributed by atoms with E-state index in [4.69, 9.17) is 14.3 Å². The van der Waals surface area contributed by atoms with Gasteiger partial charge in [0.05, 0.1) is 19.4 Å². The van der Waals surface area contributed by atoms with Crippen LogP contribution in [-0.2, 0) is 22.5 Å². The predicted molar refractivity (Wildman–Crippen MR) is 97.8 cm³/mol. The number of rotatable bonds is 4. The third-order valence-electron chi connectivity index (χ3n) is 5.26. The molecule has 7 heteroatoms. The Hall–Kier alpha value is -2.80. The lowest BCUT2D eigenvalue weighted by atomic mass is 10.1. The number of aliphatic carboxylic acids is 1. The van der Waals surface area contributed by atoms with Crippen LogP contribution in [0.25, 0.3) is 0 Å². The van der Waals surface area contributed by atoms with E-state index in [-0.39, 0.29) is 24.8 Å². The molecule has 2 atom stereocenters. The number of furan rings is 1. The maximum atomic E-state index is 12.9. The number of hydrogen-bond donors (Lipinski definition) is 1. The molecular weight excluding hydrogens is 348 g/mol. The number of hydrogen-bond acceptors (Lipinski definition) is 5. The van der Waals surface area contributed by atoms with Gasteiger partial charge in [0, 0.05) is 30.4 Å². The van der Waals surface area contributed by atoms with Crippen LogP contribution in [0.3, 0.4) is 0 Å². The van der Waals surface area contributed by atoms with Gasteiger partial charge in [-0.3, -0.25) is 4.79 Å². The minimum atomic E-state index is -1.06. The van der Waals surface area contributed by atoms with Crippen LogP contribution in [0.1, 0.15) is 28.6 Å². The largest absolute Gasteiger partial charge is 0.479 e. The summed E-state index contributed by atoms with van der Waals surface area (Å²) < 4.78 is 10.7. The van der Waals surface area contributed by atoms with Crippen molar-refractivity contribution in [1.29, 1.82) is 0 Å². The van der Waals surface area contributed by atoms with Gasteiger partial charge in [0.1, 0.15) is 0 Å². The summed E-state index contributed by atoms with van der Waals surface area (Å²) in [4.78, 5) is 27.8. The number of ether oxygens (including phenoxy) is 1. The van der Waals surface area contributed by atoms with Crippen molar-refractivity contribution < 1.29 is 23.8 Å². The van der Waals surface area contributed by atoms with Crippen LogP contribution in [0.15, 0.2) is 41.0 Å². The number of anilines is 1. The van der Waals surface area contributed by atoms with Gasteiger partial charge in [-0.25, -0.2) is 4.79 Å². The average molecular weight is 370 g/mol. The van der Waals surface area contributed by atoms with Gasteiger partial charge in [0.25, 0.3) is 5.91 Å². The first-order valence-electron chi connectivity index (χ1n) is 9.09. The van der Waals surface area contributed by atoms with E-state index in [0.29, 0.717) is 19.1 Å². The number of carboxylic acid groups (broad SMARTS) is 1. The Morgan fingerprint density at radius 2 is 2.07 bits per heavy atom. The second-order valence-corrected chi connectivity index (χ2v) is 7.03. The standard InChI is InChI=1S/C20H22N2O5/c1-13-10-14-4-2-3-5-16(14)22(13)11-15-6-8-27-18(15)19(23)21-7-9-26-17(12-21)20(24)25/h2-6,8,13,17H,7,9-12H2,1H3,(H,24,25)/t13-,17-/m0/s1. The number of carbonyl (C=O) groups is 2. The fourth-order valence-corrected chi connectivity index (χ4v) is 3.83. The van der Waals surface area contributed by atoms with Crippen molar-refractivity contribution in [3.05, 3.63) is 53.5 Å². The first-order valence-corrected chi connectivity index (χ1v) is 9.09. The van der Waals surface area contributed by atoms with Crippen molar-refractivity contribution in [1.82, 2.24) is 4.90 Å². The first-order chi connectivity index (χ1) is 13.0. The number of amides is 1. The highest BCUT2D eigenvalue weighted by molar-refractivity contribution is 5.93. The van der Waals surface area contributed by atoms with Crippen molar-refractivity contribution in [2.24, 2.45) is 0 Å². The van der Waals surface area contributed by atoms with E-state index in [1.165, 1.54) is 22.4 Å². The smallest absolute Gasteiger partial charge is 0.334 e. The van der Waals surface area contributed by atoms with Crippen LogP contribution < -0.4 is 4.90 Å². The summed E-state index contributed by atoms with van der Waals surface area (Å²) >= 11 is 0. The Bertz CT molecular complexity index is 862. The zero-order chi connectivity index (χ0) is 19.0. The molecule has 2 aromatic rings. The number of nitrogens with zero attached hydrogens (tertiary/aromatic N) is 2. The molecule has 0 saturated carbocycles. The lowest BCUT2D eigenvalue weighted by Crippen LogP contribution is -2.48. The van der Waals surface area contributed by atoms with Crippen LogP contribution in [-0.4, -0.2) is 53.7 Å². The molecule has 1 saturated heterocycles. The minimum Gasteiger partial charge on any atom is -0.479 e. The Morgan fingerprint density at radius 1 is 1.26 bits per heavy atom. The average Bonchev–Trinajstić information content (AvgIpc) is 3.26. The Balaban J connectivity index is 1.53. The number of morpholine rings is 1. The van der Waals surface area contributed by atoms with Gasteiger partial charge in [-0.1, -0.05) is 18.2 Å². The lowest BCUT2D eigenvalue weighted by molar-refractivity contribution is -0.154. The monoisotopic (exact) mass is 370 g/mol. The third kappa shape index (κ3) is 3.30. The number of para-hydroxylation sites is 1. The van der Waals surface area contributed by atoms with Crippen molar-refractivity contribution in [3.8, 4) is 0 Å². The quantitative estimate of drug-likeness (QED) is 0.888. The zero-order valence-electron chi connectivity index (χ0n) is 15.1. The zero-order valence-corrected chi connectivity index (χ0v) is 15.1. The van der Waals surface area contributed by atoms with E-state index in [2.05, 4.69) is 24.0 Å². The van der Waals surface area contributed by atoms with Gasteiger partial charge in [0.2, 0.25) is 0 Å². The van der Waals surface area contributed by atoms with Gasteiger partial charge in [-0.2, -0.15) is 0 Å². The maximum Gasteiger partial charge on any atom is 0.334 e. The molecule has 0 spiro atoms. The molecule has 0 unspecified atom stereocenters. The van der Waals surface area contributed by atoms with Gasteiger partial charge < -0.3 is 24.1 Å². The molecule has 1 fully saturated rings. The molecule has 0 radical (unpaired) electrons. The molecule has 1 amide bonds. The van der Waals surface area contributed by atoms with Crippen LogP contribution in [0.5, 0.6) is 0 Å². The van der Waals surface area contributed by atoms with Crippen molar-refractivity contribution in [2.45, 2.75) is 32.0 Å². The van der Waals surface area contributed by atoms with Crippen LogP contribution in [0.2, 0.25) is 0 Å². The molecule has 2 aliphatic rings. The summed E-state index contributed by atoms with van der Waals surface area (Å²) in [5.74, 6) is -1.07. The number of carboxylic acids is 1. The molecule has 0 bridgehead atoms. The van der Waals surface area contributed by atoms with E-state index in [9.17, 15) is 9.59 Å². The summed E-state index contributed by atoms with van der Waals surface area (Å²) in [6.45, 7) is 3.32. The van der Waals surface area contributed by atoms with Crippen molar-refractivity contribution in [2.75, 3.05) is 24.6 Å². The number of carbonyl (C=O) groups excluding carboxylic acids is 1. The van der Waals surface area contributed by atoms with E-state index >= 15 is 0 Å². The van der Waals surface area contributed by atoms with E-state index in [0.717, 1.165) is 12.0 Å². The van der Waals surface area contributed by atoms with Crippen molar-refractivity contribution in [3.63, 3.8) is 0 Å². The molecule has 1 aromatic heterocycles. The molecule has 1 N–H and O–H groups in total. The van der Waals surface area contributed by atoms with E-state index in [1.807, 2.05) is 18.2 Å². The van der Waals surface area contributed by atoms with Gasteiger partial charge >= 0.3 is 5.97 Å². The molecule has 27 heavy (non-hydrogen) atoms. The van der Waals surface area contributed by atoms with Gasteiger partial charge in [0.15, 0.2) is 11.9 Å². The summed E-state index contributed by atoms with van der Waals surface area (Å²) in [6.07, 6.45) is 1.50. The second kappa shape index (κ2) is 7.08. The van der Waals surface area contributed by atoms with Gasteiger partial charge in [-0.15, -0.1) is 0 Å². The topological polar surface area (TPSA) is 83.2 Å². The van der Waals surface area contributed by atoms with Crippen molar-refractivity contribution >= 4 is 17.6 Å². The Morgan fingerprint density at radius 3 is 2.89 bits per heavy atom. The Kier molecular flexibility index (Phi) is 4.61. The molecule has 1 aromatic carbocycles. The number of benzene rings is 1. The fraction of sp³-hybridized carbons (Fsp3) is 0.400. The van der Waals surface area contributed by atoms with Gasteiger partial charge in [-0.05, 0) is 31.0 Å². The highest BCUT2D eigenvalue weighted by Crippen LogP contribution is 2.33. The Labute approximate surface area is 157 Å². The second-order valence-electron chi connectivity index (χ2n) is 7.03. The van der Waals surface area contributed by atoms with E-state index < -0.39 is 12.1 Å². The molecular formula is C20H22N2O5. The molecule has 7 nitrogen and oxygen atoms in total. The van der Waals surface area contributed by atoms with Crippen LogP contribution in [0.4, 0.5) is 5.69 Å². The predicted octanol–water partition coefficient (Wildman–Crippen LogP) is 2.16. The SMILES string of the molecule is C[C@H]1Cc2ccccc2N1Cc1ccoc1C(=O)N1CCO[C@H](C(=O)O)C1. The molecule has 3 heterocycles. The highest BCUT2D eigenvalue weighted by atomic mass is 16.5. The summed E-state index contributed by atoms with van der Waals surface area (Å²) in [7, 11) is 0. The number of fused-ring (bicyclic) bond motifs is 1. The normalized spacial score (nSPS) is 22.0.